The van der Waals surface area contributed by atoms with Crippen LogP contribution in [-0.2, 0) is 6.54 Å². The Labute approximate surface area is 180 Å². The summed E-state index contributed by atoms with van der Waals surface area (Å²) in [6, 6.07) is 0.377. The summed E-state index contributed by atoms with van der Waals surface area (Å²) >= 11 is 1.75. The van der Waals surface area contributed by atoms with Crippen molar-refractivity contribution in [1.29, 1.82) is 0 Å². The van der Waals surface area contributed by atoms with Crippen molar-refractivity contribution in [3.05, 3.63) is 38.5 Å². The van der Waals surface area contributed by atoms with Crippen LogP contribution in [0.4, 0.5) is 0 Å². The fourth-order valence-corrected chi connectivity index (χ4v) is 5.95. The van der Waals surface area contributed by atoms with E-state index in [1.165, 1.54) is 23.5 Å². The first kappa shape index (κ1) is 19.9. The Hall–Kier alpha value is -2.06. The molecule has 1 aliphatic carbocycles. The lowest BCUT2D eigenvalue weighted by Crippen LogP contribution is -2.21. The van der Waals surface area contributed by atoms with Crippen molar-refractivity contribution in [2.24, 2.45) is 5.92 Å². The van der Waals surface area contributed by atoms with Crippen LogP contribution in [-0.4, -0.2) is 42.7 Å². The van der Waals surface area contributed by atoms with E-state index in [0.717, 1.165) is 43.9 Å². The molecule has 2 fully saturated rings. The third kappa shape index (κ3) is 3.60. The molecule has 0 aromatic carbocycles. The molecule has 1 N–H and O–H groups in total. The van der Waals surface area contributed by atoms with Gasteiger partial charge in [0, 0.05) is 24.4 Å². The van der Waals surface area contributed by atoms with E-state index >= 15 is 0 Å². The average molecular weight is 427 g/mol. The van der Waals surface area contributed by atoms with Crippen molar-refractivity contribution in [1.82, 2.24) is 29.6 Å². The molecule has 2 aliphatic rings. The van der Waals surface area contributed by atoms with Crippen LogP contribution in [0.5, 0.6) is 0 Å². The van der Waals surface area contributed by atoms with Crippen LogP contribution >= 0.6 is 11.3 Å². The largest absolute Gasteiger partial charge is 0.310 e. The van der Waals surface area contributed by atoms with Gasteiger partial charge in [-0.15, -0.1) is 11.3 Å². The zero-order valence-corrected chi connectivity index (χ0v) is 18.8. The number of hydrogen-bond acceptors (Lipinski definition) is 6. The zero-order valence-electron chi connectivity index (χ0n) is 18.0. The topological polar surface area (TPSA) is 79.7 Å². The maximum atomic E-state index is 12.8. The Balaban J connectivity index is 1.39. The van der Waals surface area contributed by atoms with Gasteiger partial charge in [0.2, 0.25) is 0 Å². The number of hydrogen-bond donors (Lipinski definition) is 1. The van der Waals surface area contributed by atoms with Crippen molar-refractivity contribution >= 4 is 22.4 Å². The predicted molar refractivity (Wildman–Crippen MR) is 119 cm³/mol. The van der Waals surface area contributed by atoms with E-state index in [4.69, 9.17) is 9.97 Å². The maximum Gasteiger partial charge on any atom is 0.262 e. The Morgan fingerprint density at radius 3 is 2.77 bits per heavy atom. The molecule has 0 unspecified atom stereocenters. The highest BCUT2D eigenvalue weighted by Crippen LogP contribution is 2.34. The molecule has 5 rings (SSSR count). The highest BCUT2D eigenvalue weighted by Gasteiger charge is 2.33. The number of likely N-dealkylation sites (tertiary alicyclic amines) is 1. The van der Waals surface area contributed by atoms with E-state index in [1.54, 1.807) is 17.5 Å². The number of thiazole rings is 1. The molecule has 1 saturated heterocycles. The van der Waals surface area contributed by atoms with Crippen LogP contribution in [0.25, 0.3) is 11.0 Å². The summed E-state index contributed by atoms with van der Waals surface area (Å²) in [4.78, 5) is 28.0. The molecule has 1 saturated carbocycles. The second-order valence-corrected chi connectivity index (χ2v) is 10.3. The monoisotopic (exact) mass is 426 g/mol. The third-order valence-corrected chi connectivity index (χ3v) is 7.56. The van der Waals surface area contributed by atoms with E-state index in [9.17, 15) is 4.79 Å². The molecule has 0 amide bonds. The van der Waals surface area contributed by atoms with E-state index < -0.39 is 0 Å². The van der Waals surface area contributed by atoms with Gasteiger partial charge in [-0.3, -0.25) is 9.69 Å². The number of fused-ring (bicyclic) bond motifs is 1. The van der Waals surface area contributed by atoms with Gasteiger partial charge in [0.25, 0.3) is 5.56 Å². The van der Waals surface area contributed by atoms with Gasteiger partial charge in [-0.1, -0.05) is 33.6 Å². The Kier molecular flexibility index (Phi) is 5.23. The lowest BCUT2D eigenvalue weighted by atomic mass is 9.97. The summed E-state index contributed by atoms with van der Waals surface area (Å²) in [6.07, 6.45) is 6.39. The van der Waals surface area contributed by atoms with Crippen molar-refractivity contribution in [3.63, 3.8) is 0 Å². The first-order valence-corrected chi connectivity index (χ1v) is 12.0. The second kappa shape index (κ2) is 7.89. The SMILES string of the molecule is CC(C)c1csc(CN2C[C@@H](C)[C@H](c3nc4c(cnn4C4CCCC4)c(=O)[nH]3)C2)n1. The minimum Gasteiger partial charge on any atom is -0.310 e. The molecule has 0 radical (unpaired) electrons. The molecule has 1 aliphatic heterocycles. The molecule has 3 aromatic heterocycles. The van der Waals surface area contributed by atoms with E-state index in [1.807, 2.05) is 4.68 Å². The highest BCUT2D eigenvalue weighted by molar-refractivity contribution is 7.09. The predicted octanol–water partition coefficient (Wildman–Crippen LogP) is 4.05. The molecule has 2 atom stereocenters. The molecule has 30 heavy (non-hydrogen) atoms. The van der Waals surface area contributed by atoms with Gasteiger partial charge in [-0.2, -0.15) is 5.10 Å². The van der Waals surface area contributed by atoms with E-state index in [0.29, 0.717) is 23.3 Å². The number of nitrogens with zero attached hydrogens (tertiary/aromatic N) is 5. The lowest BCUT2D eigenvalue weighted by Gasteiger charge is -2.15. The van der Waals surface area contributed by atoms with Crippen LogP contribution in [0.2, 0.25) is 0 Å². The molecule has 8 heteroatoms. The quantitative estimate of drug-likeness (QED) is 0.666. The fraction of sp³-hybridized carbons (Fsp3) is 0.636. The normalized spacial score (nSPS) is 23.3. The van der Waals surface area contributed by atoms with Crippen molar-refractivity contribution in [3.8, 4) is 0 Å². The van der Waals surface area contributed by atoms with Crippen LogP contribution < -0.4 is 5.56 Å². The first-order valence-electron chi connectivity index (χ1n) is 11.1. The lowest BCUT2D eigenvalue weighted by molar-refractivity contribution is 0.317. The average Bonchev–Trinajstić information content (AvgIpc) is 3.48. The van der Waals surface area contributed by atoms with Gasteiger partial charge in [-0.25, -0.2) is 14.6 Å². The smallest absolute Gasteiger partial charge is 0.262 e. The maximum absolute atomic E-state index is 12.8. The van der Waals surface area contributed by atoms with Gasteiger partial charge < -0.3 is 4.98 Å². The van der Waals surface area contributed by atoms with Crippen molar-refractivity contribution in [2.75, 3.05) is 13.1 Å². The summed E-state index contributed by atoms with van der Waals surface area (Å²) in [6.45, 7) is 9.37. The number of nitrogens with one attached hydrogen (secondary N) is 1. The Morgan fingerprint density at radius 2 is 2.03 bits per heavy atom. The van der Waals surface area contributed by atoms with E-state index in [-0.39, 0.29) is 11.5 Å². The van der Waals surface area contributed by atoms with Gasteiger partial charge in [0.15, 0.2) is 5.65 Å². The second-order valence-electron chi connectivity index (χ2n) is 9.31. The van der Waals surface area contributed by atoms with Gasteiger partial charge >= 0.3 is 0 Å². The van der Waals surface area contributed by atoms with Crippen LogP contribution in [0.1, 0.15) is 80.9 Å². The van der Waals surface area contributed by atoms with Crippen LogP contribution in [0, 0.1) is 5.92 Å². The zero-order chi connectivity index (χ0) is 20.8. The molecular weight excluding hydrogens is 396 g/mol. The minimum atomic E-state index is -0.0635. The van der Waals surface area contributed by atoms with Gasteiger partial charge in [-0.05, 0) is 24.7 Å². The summed E-state index contributed by atoms with van der Waals surface area (Å²) in [5.41, 5.74) is 1.87. The van der Waals surface area contributed by atoms with Gasteiger partial charge in [0.05, 0.1) is 24.5 Å². The number of H-pyrrole nitrogens is 1. The summed E-state index contributed by atoms with van der Waals surface area (Å²) in [5.74, 6) is 1.92. The number of aromatic nitrogens is 5. The highest BCUT2D eigenvalue weighted by atomic mass is 32.1. The molecule has 4 heterocycles. The molecule has 0 spiro atoms. The summed E-state index contributed by atoms with van der Waals surface area (Å²) in [7, 11) is 0. The molecule has 0 bridgehead atoms. The van der Waals surface area contributed by atoms with Crippen molar-refractivity contribution < 1.29 is 0 Å². The van der Waals surface area contributed by atoms with Crippen LogP contribution in [0.3, 0.4) is 0 Å². The molecule has 7 nitrogen and oxygen atoms in total. The van der Waals surface area contributed by atoms with E-state index in [2.05, 4.69) is 41.1 Å². The molecular formula is C22H30N6OS. The number of aromatic amines is 1. The van der Waals surface area contributed by atoms with Crippen molar-refractivity contribution in [2.45, 2.75) is 70.9 Å². The summed E-state index contributed by atoms with van der Waals surface area (Å²) < 4.78 is 2.00. The minimum absolute atomic E-state index is 0.0635. The van der Waals surface area contributed by atoms with Gasteiger partial charge in [0.1, 0.15) is 16.2 Å². The Morgan fingerprint density at radius 1 is 1.23 bits per heavy atom. The molecule has 160 valence electrons. The molecule has 3 aromatic rings. The summed E-state index contributed by atoms with van der Waals surface area (Å²) in [5, 5.41) is 8.48. The third-order valence-electron chi connectivity index (χ3n) is 6.71. The Bertz CT molecular complexity index is 1090. The fourth-order valence-electron chi connectivity index (χ4n) is 4.95. The number of rotatable bonds is 5. The van der Waals surface area contributed by atoms with Crippen LogP contribution in [0.15, 0.2) is 16.4 Å². The first-order chi connectivity index (χ1) is 14.5. The standard InChI is InChI=1S/C22H30N6OS/c1-13(2)18-12-30-19(24-18)11-27-9-14(3)17(10-27)20-25-21-16(22(29)26-20)8-23-28(21)15-6-4-5-7-15/h8,12-15,17H,4-7,9-11H2,1-3H3,(H,25,26,29)/t14-,17-/m1/s1.